The third-order valence-corrected chi connectivity index (χ3v) is 3.82. The first-order chi connectivity index (χ1) is 8.44. The number of nitrogens with zero attached hydrogens (tertiary/aromatic N) is 1. The Morgan fingerprint density at radius 3 is 2.39 bits per heavy atom. The molecule has 0 aliphatic heterocycles. The van der Waals surface area contributed by atoms with Crippen molar-refractivity contribution in [2.24, 2.45) is 0 Å². The van der Waals surface area contributed by atoms with Crippen molar-refractivity contribution in [1.82, 2.24) is 4.72 Å². The van der Waals surface area contributed by atoms with Crippen LogP contribution in [0.1, 0.15) is 25.3 Å². The molecule has 100 valence electrons. The van der Waals surface area contributed by atoms with Gasteiger partial charge in [0.25, 0.3) is 5.69 Å². The fraction of sp³-hybridized carbons (Fsp3) is 0.455. The van der Waals surface area contributed by atoms with Gasteiger partial charge in [-0.05, 0) is 12.0 Å². The number of nitro groups is 1. The van der Waals surface area contributed by atoms with Crippen LogP contribution in [0.2, 0.25) is 0 Å². The van der Waals surface area contributed by atoms with E-state index in [4.69, 9.17) is 0 Å². The molecule has 7 heteroatoms. The Kier molecular flexibility index (Phi) is 5.24. The van der Waals surface area contributed by atoms with Crippen LogP contribution in [0.25, 0.3) is 0 Å². The van der Waals surface area contributed by atoms with Crippen molar-refractivity contribution in [2.75, 3.05) is 5.75 Å². The van der Waals surface area contributed by atoms with E-state index in [1.165, 1.54) is 12.1 Å². The molecule has 0 saturated carbocycles. The van der Waals surface area contributed by atoms with Crippen LogP contribution in [0.4, 0.5) is 5.69 Å². The standard InChI is InChI=1S/C11H16N2O4S/c1-2-3-8-18(16,17)12-9-10-4-6-11(7-5-10)13(14)15/h4-7,12H,2-3,8-9H2,1H3. The minimum Gasteiger partial charge on any atom is -0.258 e. The number of non-ortho nitro benzene ring substituents is 1. The molecule has 0 aliphatic carbocycles. The molecule has 1 N–H and O–H groups in total. The third-order valence-electron chi connectivity index (χ3n) is 2.41. The van der Waals surface area contributed by atoms with Crippen molar-refractivity contribution >= 4 is 15.7 Å². The average Bonchev–Trinajstić information content (AvgIpc) is 2.35. The van der Waals surface area contributed by atoms with E-state index in [2.05, 4.69) is 4.72 Å². The fourth-order valence-electron chi connectivity index (χ4n) is 1.34. The van der Waals surface area contributed by atoms with Crippen molar-refractivity contribution in [1.29, 1.82) is 0 Å². The van der Waals surface area contributed by atoms with Crippen molar-refractivity contribution < 1.29 is 13.3 Å². The number of unbranched alkanes of at least 4 members (excludes halogenated alkanes) is 1. The largest absolute Gasteiger partial charge is 0.269 e. The number of rotatable bonds is 7. The van der Waals surface area contributed by atoms with Crippen molar-refractivity contribution in [3.63, 3.8) is 0 Å². The zero-order chi connectivity index (χ0) is 13.6. The van der Waals surface area contributed by atoms with Gasteiger partial charge in [0, 0.05) is 18.7 Å². The third kappa shape index (κ3) is 4.80. The maximum absolute atomic E-state index is 11.5. The molecule has 0 aromatic heterocycles. The lowest BCUT2D eigenvalue weighted by atomic mass is 10.2. The number of hydrogen-bond donors (Lipinski definition) is 1. The quantitative estimate of drug-likeness (QED) is 0.605. The Morgan fingerprint density at radius 1 is 1.28 bits per heavy atom. The van der Waals surface area contributed by atoms with Gasteiger partial charge in [-0.1, -0.05) is 25.5 Å². The summed E-state index contributed by atoms with van der Waals surface area (Å²) in [6, 6.07) is 5.80. The second-order valence-corrected chi connectivity index (χ2v) is 5.84. The molecule has 0 fully saturated rings. The molecular formula is C11H16N2O4S. The van der Waals surface area contributed by atoms with E-state index in [1.807, 2.05) is 6.92 Å². The normalized spacial score (nSPS) is 11.4. The number of sulfonamides is 1. The van der Waals surface area contributed by atoms with Gasteiger partial charge in [0.2, 0.25) is 10.0 Å². The molecule has 1 aromatic carbocycles. The molecule has 0 heterocycles. The van der Waals surface area contributed by atoms with Crippen molar-refractivity contribution in [3.8, 4) is 0 Å². The van der Waals surface area contributed by atoms with E-state index in [0.717, 1.165) is 6.42 Å². The van der Waals surface area contributed by atoms with Crippen LogP contribution < -0.4 is 4.72 Å². The lowest BCUT2D eigenvalue weighted by molar-refractivity contribution is -0.384. The Balaban J connectivity index is 2.56. The number of benzene rings is 1. The van der Waals surface area contributed by atoms with Crippen LogP contribution in [0, 0.1) is 10.1 Å². The summed E-state index contributed by atoms with van der Waals surface area (Å²) in [6.07, 6.45) is 1.44. The van der Waals surface area contributed by atoms with Crippen LogP contribution in [0.3, 0.4) is 0 Å². The smallest absolute Gasteiger partial charge is 0.258 e. The van der Waals surface area contributed by atoms with Gasteiger partial charge < -0.3 is 0 Å². The highest BCUT2D eigenvalue weighted by Gasteiger charge is 2.09. The second kappa shape index (κ2) is 6.46. The molecule has 18 heavy (non-hydrogen) atoms. The predicted molar refractivity (Wildman–Crippen MR) is 68.6 cm³/mol. The van der Waals surface area contributed by atoms with E-state index in [0.29, 0.717) is 12.0 Å². The van der Waals surface area contributed by atoms with Gasteiger partial charge in [-0.3, -0.25) is 10.1 Å². The average molecular weight is 272 g/mol. The Bertz CT molecular complexity index is 496. The van der Waals surface area contributed by atoms with Crippen LogP contribution in [-0.4, -0.2) is 19.1 Å². The molecule has 0 spiro atoms. The lowest BCUT2D eigenvalue weighted by Crippen LogP contribution is -2.25. The van der Waals surface area contributed by atoms with Gasteiger partial charge >= 0.3 is 0 Å². The van der Waals surface area contributed by atoms with E-state index in [9.17, 15) is 18.5 Å². The molecular weight excluding hydrogens is 256 g/mol. The summed E-state index contributed by atoms with van der Waals surface area (Å²) in [5.41, 5.74) is 0.688. The summed E-state index contributed by atoms with van der Waals surface area (Å²) in [4.78, 5) is 9.95. The molecule has 0 bridgehead atoms. The molecule has 0 radical (unpaired) electrons. The topological polar surface area (TPSA) is 89.3 Å². The van der Waals surface area contributed by atoms with Gasteiger partial charge in [-0.2, -0.15) is 0 Å². The highest BCUT2D eigenvalue weighted by molar-refractivity contribution is 7.89. The zero-order valence-electron chi connectivity index (χ0n) is 10.1. The van der Waals surface area contributed by atoms with Gasteiger partial charge in [0.1, 0.15) is 0 Å². The first kappa shape index (κ1) is 14.6. The highest BCUT2D eigenvalue weighted by Crippen LogP contribution is 2.11. The van der Waals surface area contributed by atoms with Crippen LogP contribution in [-0.2, 0) is 16.6 Å². The molecule has 1 rings (SSSR count). The summed E-state index contributed by atoms with van der Waals surface area (Å²) >= 11 is 0. The van der Waals surface area contributed by atoms with Gasteiger partial charge in [0.15, 0.2) is 0 Å². The summed E-state index contributed by atoms with van der Waals surface area (Å²) in [7, 11) is -3.25. The Hall–Kier alpha value is -1.47. The summed E-state index contributed by atoms with van der Waals surface area (Å²) in [6.45, 7) is 2.08. The molecule has 0 saturated heterocycles. The van der Waals surface area contributed by atoms with E-state index >= 15 is 0 Å². The maximum Gasteiger partial charge on any atom is 0.269 e. The van der Waals surface area contributed by atoms with Gasteiger partial charge in [0.05, 0.1) is 10.7 Å². The fourth-order valence-corrected chi connectivity index (χ4v) is 2.53. The lowest BCUT2D eigenvalue weighted by Gasteiger charge is -2.05. The highest BCUT2D eigenvalue weighted by atomic mass is 32.2. The van der Waals surface area contributed by atoms with Crippen molar-refractivity contribution in [3.05, 3.63) is 39.9 Å². The van der Waals surface area contributed by atoms with E-state index in [1.54, 1.807) is 12.1 Å². The first-order valence-corrected chi connectivity index (χ1v) is 7.30. The minimum atomic E-state index is -3.25. The van der Waals surface area contributed by atoms with E-state index in [-0.39, 0.29) is 18.0 Å². The summed E-state index contributed by atoms with van der Waals surface area (Å²) in [5.74, 6) is 0.108. The molecule has 0 aliphatic rings. The van der Waals surface area contributed by atoms with E-state index < -0.39 is 14.9 Å². The molecule has 1 aromatic rings. The van der Waals surface area contributed by atoms with Gasteiger partial charge in [-0.25, -0.2) is 13.1 Å². The molecule has 0 atom stereocenters. The minimum absolute atomic E-state index is 0.00686. The van der Waals surface area contributed by atoms with Crippen LogP contribution in [0.5, 0.6) is 0 Å². The van der Waals surface area contributed by atoms with Crippen molar-refractivity contribution in [2.45, 2.75) is 26.3 Å². The van der Waals surface area contributed by atoms with Crippen LogP contribution in [0.15, 0.2) is 24.3 Å². The monoisotopic (exact) mass is 272 g/mol. The molecule has 0 unspecified atom stereocenters. The predicted octanol–water partition coefficient (Wildman–Crippen LogP) is 1.81. The Labute approximate surface area is 106 Å². The van der Waals surface area contributed by atoms with Gasteiger partial charge in [-0.15, -0.1) is 0 Å². The number of nitrogens with one attached hydrogen (secondary N) is 1. The summed E-state index contributed by atoms with van der Waals surface area (Å²) in [5, 5.41) is 10.4. The second-order valence-electron chi connectivity index (χ2n) is 3.92. The molecule has 6 nitrogen and oxygen atoms in total. The Morgan fingerprint density at radius 2 is 1.89 bits per heavy atom. The number of hydrogen-bond acceptors (Lipinski definition) is 4. The first-order valence-electron chi connectivity index (χ1n) is 5.65. The molecule has 0 amide bonds. The SMILES string of the molecule is CCCCS(=O)(=O)NCc1ccc([N+](=O)[O-])cc1. The maximum atomic E-state index is 11.5. The number of nitro benzene ring substituents is 1. The zero-order valence-corrected chi connectivity index (χ0v) is 10.9. The summed E-state index contributed by atoms with van der Waals surface area (Å²) < 4.78 is 25.5. The van der Waals surface area contributed by atoms with Crippen LogP contribution >= 0.6 is 0 Å².